The van der Waals surface area contributed by atoms with Crippen LogP contribution in [0.5, 0.6) is 0 Å². The Kier molecular flexibility index (Phi) is 6.73. The molecular formula is C28H26N2O2. The van der Waals surface area contributed by atoms with Crippen molar-refractivity contribution in [2.75, 3.05) is 27.2 Å². The lowest BCUT2D eigenvalue weighted by atomic mass is 9.99. The number of rotatable bonds is 7. The maximum Gasteiger partial charge on any atom is 0.338 e. The molecular weight excluding hydrogens is 396 g/mol. The molecule has 0 atom stereocenters. The molecule has 0 radical (unpaired) electrons. The highest BCUT2D eigenvalue weighted by Gasteiger charge is 2.11. The van der Waals surface area contributed by atoms with Crippen LogP contribution in [0.25, 0.3) is 33.6 Å². The van der Waals surface area contributed by atoms with E-state index in [1.807, 2.05) is 79.7 Å². The standard InChI is InChI=1S/C28H26N2O2/c1-30(2)17-18-32-28(31)24-15-13-21(14-16-24)25-19-26(22-9-5-3-6-10-22)29-27(20-25)23-11-7-4-8-12-23/h3-16,19-20H,17-18H2,1-2H3. The van der Waals surface area contributed by atoms with Crippen molar-refractivity contribution < 1.29 is 9.53 Å². The highest BCUT2D eigenvalue weighted by Crippen LogP contribution is 2.30. The van der Waals surface area contributed by atoms with E-state index < -0.39 is 0 Å². The molecule has 0 amide bonds. The van der Waals surface area contributed by atoms with E-state index in [0.29, 0.717) is 18.7 Å². The number of pyridine rings is 1. The van der Waals surface area contributed by atoms with E-state index in [0.717, 1.165) is 33.6 Å². The highest BCUT2D eigenvalue weighted by atomic mass is 16.5. The second kappa shape index (κ2) is 10.0. The first-order valence-electron chi connectivity index (χ1n) is 10.7. The van der Waals surface area contributed by atoms with Crippen LogP contribution in [0.3, 0.4) is 0 Å². The van der Waals surface area contributed by atoms with E-state index in [4.69, 9.17) is 9.72 Å². The summed E-state index contributed by atoms with van der Waals surface area (Å²) in [4.78, 5) is 19.2. The number of hydrogen-bond acceptors (Lipinski definition) is 4. The minimum Gasteiger partial charge on any atom is -0.461 e. The third-order valence-electron chi connectivity index (χ3n) is 5.19. The number of benzene rings is 3. The molecule has 1 aromatic heterocycles. The zero-order valence-corrected chi connectivity index (χ0v) is 18.4. The normalized spacial score (nSPS) is 10.8. The van der Waals surface area contributed by atoms with Gasteiger partial charge in [-0.2, -0.15) is 0 Å². The molecule has 4 aromatic rings. The van der Waals surface area contributed by atoms with Gasteiger partial charge in [-0.05, 0) is 49.5 Å². The number of carbonyl (C=O) groups is 1. The van der Waals surface area contributed by atoms with Crippen LogP contribution in [0.1, 0.15) is 10.4 Å². The van der Waals surface area contributed by atoms with Crippen molar-refractivity contribution >= 4 is 5.97 Å². The monoisotopic (exact) mass is 422 g/mol. The summed E-state index contributed by atoms with van der Waals surface area (Å²) in [6, 6.07) is 32.1. The lowest BCUT2D eigenvalue weighted by Gasteiger charge is -2.11. The topological polar surface area (TPSA) is 42.4 Å². The van der Waals surface area contributed by atoms with E-state index in [-0.39, 0.29) is 5.97 Å². The van der Waals surface area contributed by atoms with Gasteiger partial charge >= 0.3 is 5.97 Å². The quantitative estimate of drug-likeness (QED) is 0.353. The molecule has 1 heterocycles. The number of nitrogens with zero attached hydrogens (tertiary/aromatic N) is 2. The molecule has 0 saturated carbocycles. The SMILES string of the molecule is CN(C)CCOC(=O)c1ccc(-c2cc(-c3ccccc3)nc(-c3ccccc3)c2)cc1. The maximum atomic E-state index is 12.3. The van der Waals surface area contributed by atoms with Crippen molar-refractivity contribution in [3.63, 3.8) is 0 Å². The lowest BCUT2D eigenvalue weighted by molar-refractivity contribution is 0.0482. The van der Waals surface area contributed by atoms with Crippen molar-refractivity contribution in [2.24, 2.45) is 0 Å². The van der Waals surface area contributed by atoms with Crippen LogP contribution in [-0.2, 0) is 4.74 Å². The second-order valence-electron chi connectivity index (χ2n) is 7.87. The molecule has 3 aromatic carbocycles. The predicted molar refractivity (Wildman–Crippen MR) is 129 cm³/mol. The van der Waals surface area contributed by atoms with E-state index in [1.165, 1.54) is 0 Å². The van der Waals surface area contributed by atoms with Gasteiger partial charge in [-0.25, -0.2) is 9.78 Å². The molecule has 4 heteroatoms. The van der Waals surface area contributed by atoms with Gasteiger partial charge in [0.25, 0.3) is 0 Å². The van der Waals surface area contributed by atoms with Gasteiger partial charge in [-0.3, -0.25) is 0 Å². The van der Waals surface area contributed by atoms with Gasteiger partial charge in [0, 0.05) is 17.7 Å². The van der Waals surface area contributed by atoms with E-state index in [1.54, 1.807) is 0 Å². The minimum absolute atomic E-state index is 0.303. The first-order valence-corrected chi connectivity index (χ1v) is 10.7. The van der Waals surface area contributed by atoms with Crippen LogP contribution in [-0.4, -0.2) is 43.1 Å². The van der Waals surface area contributed by atoms with Crippen LogP contribution in [0.15, 0.2) is 97.1 Å². The molecule has 0 aliphatic heterocycles. The van der Waals surface area contributed by atoms with Crippen molar-refractivity contribution in [3.05, 3.63) is 103 Å². The average molecular weight is 423 g/mol. The molecule has 0 aliphatic carbocycles. The number of esters is 1. The fourth-order valence-electron chi connectivity index (χ4n) is 3.41. The Morgan fingerprint density at radius 3 is 1.75 bits per heavy atom. The fraction of sp³-hybridized carbons (Fsp3) is 0.143. The molecule has 32 heavy (non-hydrogen) atoms. The zero-order chi connectivity index (χ0) is 22.3. The van der Waals surface area contributed by atoms with Crippen molar-refractivity contribution in [1.82, 2.24) is 9.88 Å². The van der Waals surface area contributed by atoms with Crippen LogP contribution >= 0.6 is 0 Å². The summed E-state index contributed by atoms with van der Waals surface area (Å²) >= 11 is 0. The Bertz CT molecular complexity index is 1110. The summed E-state index contributed by atoms with van der Waals surface area (Å²) in [6.07, 6.45) is 0. The van der Waals surface area contributed by atoms with Crippen molar-refractivity contribution in [2.45, 2.75) is 0 Å². The lowest BCUT2D eigenvalue weighted by Crippen LogP contribution is -2.20. The number of aromatic nitrogens is 1. The van der Waals surface area contributed by atoms with Crippen molar-refractivity contribution in [3.8, 4) is 33.6 Å². The van der Waals surface area contributed by atoms with Gasteiger partial charge in [0.15, 0.2) is 0 Å². The molecule has 0 N–H and O–H groups in total. The van der Waals surface area contributed by atoms with Crippen LogP contribution in [0.4, 0.5) is 0 Å². The Labute approximate surface area is 189 Å². The highest BCUT2D eigenvalue weighted by molar-refractivity contribution is 5.90. The molecule has 0 aliphatic rings. The molecule has 0 spiro atoms. The van der Waals surface area contributed by atoms with Gasteiger partial charge in [0.1, 0.15) is 6.61 Å². The summed E-state index contributed by atoms with van der Waals surface area (Å²) in [5.41, 5.74) is 6.56. The summed E-state index contributed by atoms with van der Waals surface area (Å²) in [5.74, 6) is -0.303. The minimum atomic E-state index is -0.303. The second-order valence-corrected chi connectivity index (χ2v) is 7.87. The van der Waals surface area contributed by atoms with Crippen molar-refractivity contribution in [1.29, 1.82) is 0 Å². The van der Waals surface area contributed by atoms with Crippen LogP contribution in [0, 0.1) is 0 Å². The number of carbonyl (C=O) groups excluding carboxylic acids is 1. The van der Waals surface area contributed by atoms with E-state index in [2.05, 4.69) is 36.4 Å². The Morgan fingerprint density at radius 1 is 0.719 bits per heavy atom. The third-order valence-corrected chi connectivity index (χ3v) is 5.19. The first kappa shape index (κ1) is 21.5. The third kappa shape index (κ3) is 5.29. The Morgan fingerprint density at radius 2 is 1.25 bits per heavy atom. The zero-order valence-electron chi connectivity index (χ0n) is 18.4. The number of ether oxygens (including phenoxy) is 1. The van der Waals surface area contributed by atoms with Gasteiger partial charge in [-0.15, -0.1) is 0 Å². The average Bonchev–Trinajstić information content (AvgIpc) is 2.84. The Hall–Kier alpha value is -3.76. The molecule has 0 saturated heterocycles. The summed E-state index contributed by atoms with van der Waals surface area (Å²) in [7, 11) is 3.90. The largest absolute Gasteiger partial charge is 0.461 e. The molecule has 0 fully saturated rings. The number of likely N-dealkylation sites (N-methyl/N-ethyl adjacent to an activating group) is 1. The van der Waals surface area contributed by atoms with Crippen LogP contribution in [0.2, 0.25) is 0 Å². The summed E-state index contributed by atoms with van der Waals surface area (Å²) < 4.78 is 5.35. The molecule has 4 rings (SSSR count). The molecule has 4 nitrogen and oxygen atoms in total. The smallest absolute Gasteiger partial charge is 0.338 e. The van der Waals surface area contributed by atoms with Gasteiger partial charge in [-0.1, -0.05) is 72.8 Å². The molecule has 0 bridgehead atoms. The maximum absolute atomic E-state index is 12.3. The Balaban J connectivity index is 1.66. The number of hydrogen-bond donors (Lipinski definition) is 0. The fourth-order valence-corrected chi connectivity index (χ4v) is 3.41. The van der Waals surface area contributed by atoms with E-state index in [9.17, 15) is 4.79 Å². The molecule has 160 valence electrons. The van der Waals surface area contributed by atoms with E-state index >= 15 is 0 Å². The summed E-state index contributed by atoms with van der Waals surface area (Å²) in [5, 5.41) is 0. The van der Waals surface area contributed by atoms with Crippen LogP contribution < -0.4 is 0 Å². The van der Waals surface area contributed by atoms with Gasteiger partial charge < -0.3 is 9.64 Å². The summed E-state index contributed by atoms with van der Waals surface area (Å²) in [6.45, 7) is 1.07. The predicted octanol–water partition coefficient (Wildman–Crippen LogP) is 5.80. The van der Waals surface area contributed by atoms with Gasteiger partial charge in [0.2, 0.25) is 0 Å². The first-order chi connectivity index (χ1) is 15.6. The van der Waals surface area contributed by atoms with Gasteiger partial charge in [0.05, 0.1) is 17.0 Å². The molecule has 0 unspecified atom stereocenters.